The molecule has 0 bridgehead atoms. The number of nitrogens with zero attached hydrogens (tertiary/aromatic N) is 4. The Hall–Kier alpha value is -3.17. The molecular formula is C18H17N5O. The highest BCUT2D eigenvalue weighted by atomic mass is 16.1. The third-order valence-electron chi connectivity index (χ3n) is 3.56. The van der Waals surface area contributed by atoms with Crippen LogP contribution in [0.2, 0.25) is 0 Å². The number of rotatable bonds is 4. The quantitative estimate of drug-likeness (QED) is 0.802. The van der Waals surface area contributed by atoms with Gasteiger partial charge >= 0.3 is 0 Å². The molecule has 0 fully saturated rings. The molecule has 0 saturated carbocycles. The molecule has 0 unspecified atom stereocenters. The van der Waals surface area contributed by atoms with E-state index in [2.05, 4.69) is 16.4 Å². The topological polar surface area (TPSA) is 73.4 Å². The maximum atomic E-state index is 12.7. The van der Waals surface area contributed by atoms with E-state index in [0.717, 1.165) is 11.3 Å². The summed E-state index contributed by atoms with van der Waals surface area (Å²) in [5.74, 6) is -0.286. The van der Waals surface area contributed by atoms with E-state index in [-0.39, 0.29) is 5.91 Å². The molecule has 0 aliphatic rings. The predicted molar refractivity (Wildman–Crippen MR) is 91.7 cm³/mol. The Morgan fingerprint density at radius 1 is 1.29 bits per heavy atom. The number of hydrogen-bond donors (Lipinski definition) is 1. The first-order valence-electron chi connectivity index (χ1n) is 7.50. The van der Waals surface area contributed by atoms with Crippen molar-refractivity contribution in [1.82, 2.24) is 14.3 Å². The maximum Gasteiger partial charge on any atom is 0.276 e. The van der Waals surface area contributed by atoms with Crippen LogP contribution in [0.1, 0.15) is 21.7 Å². The van der Waals surface area contributed by atoms with E-state index < -0.39 is 0 Å². The Morgan fingerprint density at radius 3 is 2.88 bits per heavy atom. The van der Waals surface area contributed by atoms with Crippen molar-refractivity contribution in [2.24, 2.45) is 0 Å². The van der Waals surface area contributed by atoms with Crippen molar-refractivity contribution >= 4 is 17.2 Å². The van der Waals surface area contributed by atoms with Crippen LogP contribution in [0.25, 0.3) is 5.65 Å². The van der Waals surface area contributed by atoms with E-state index in [4.69, 9.17) is 5.26 Å². The summed E-state index contributed by atoms with van der Waals surface area (Å²) in [6, 6.07) is 14.5. The third-order valence-corrected chi connectivity index (χ3v) is 3.56. The molecule has 0 spiro atoms. The fourth-order valence-electron chi connectivity index (χ4n) is 2.54. The summed E-state index contributed by atoms with van der Waals surface area (Å²) >= 11 is 0. The van der Waals surface area contributed by atoms with Crippen molar-refractivity contribution in [3.63, 3.8) is 0 Å². The van der Waals surface area contributed by atoms with Gasteiger partial charge in [-0.15, -0.1) is 0 Å². The maximum absolute atomic E-state index is 12.7. The summed E-state index contributed by atoms with van der Waals surface area (Å²) < 4.78 is 1.92. The van der Waals surface area contributed by atoms with Gasteiger partial charge in [-0.05, 0) is 44.4 Å². The van der Waals surface area contributed by atoms with Crippen LogP contribution in [0.3, 0.4) is 0 Å². The summed E-state index contributed by atoms with van der Waals surface area (Å²) in [6.45, 7) is 0.589. The van der Waals surface area contributed by atoms with Crippen LogP contribution < -0.4 is 5.32 Å². The van der Waals surface area contributed by atoms with Gasteiger partial charge in [-0.3, -0.25) is 4.79 Å². The molecule has 120 valence electrons. The zero-order valence-electron chi connectivity index (χ0n) is 13.5. The second-order valence-electron chi connectivity index (χ2n) is 5.72. The monoisotopic (exact) mass is 319 g/mol. The van der Waals surface area contributed by atoms with Crippen LogP contribution in [0.4, 0.5) is 5.69 Å². The van der Waals surface area contributed by atoms with Crippen molar-refractivity contribution in [3.8, 4) is 6.07 Å². The highest BCUT2D eigenvalue weighted by Gasteiger charge is 2.19. The second kappa shape index (κ2) is 6.52. The van der Waals surface area contributed by atoms with Gasteiger partial charge in [0.25, 0.3) is 5.91 Å². The van der Waals surface area contributed by atoms with Crippen molar-refractivity contribution < 1.29 is 4.79 Å². The highest BCUT2D eigenvalue weighted by molar-refractivity contribution is 6.04. The Bertz CT molecular complexity index is 936. The lowest BCUT2D eigenvalue weighted by molar-refractivity contribution is 0.102. The van der Waals surface area contributed by atoms with Crippen LogP contribution in [-0.2, 0) is 6.54 Å². The molecule has 3 rings (SSSR count). The average molecular weight is 319 g/mol. The lowest BCUT2D eigenvalue weighted by Crippen LogP contribution is -2.19. The van der Waals surface area contributed by atoms with E-state index in [9.17, 15) is 4.79 Å². The summed E-state index contributed by atoms with van der Waals surface area (Å²) in [4.78, 5) is 19.2. The third kappa shape index (κ3) is 3.12. The van der Waals surface area contributed by atoms with Gasteiger partial charge in [0.1, 0.15) is 5.65 Å². The first kappa shape index (κ1) is 15.7. The lowest BCUT2D eigenvalue weighted by atomic mass is 10.2. The number of carbonyl (C=O) groups excluding carboxylic acids is 1. The van der Waals surface area contributed by atoms with E-state index in [0.29, 0.717) is 23.5 Å². The molecule has 6 heteroatoms. The number of hydrogen-bond acceptors (Lipinski definition) is 4. The Balaban J connectivity index is 1.98. The van der Waals surface area contributed by atoms with Gasteiger partial charge in [-0.2, -0.15) is 5.26 Å². The van der Waals surface area contributed by atoms with Crippen LogP contribution in [0.15, 0.2) is 48.7 Å². The minimum atomic E-state index is -0.286. The number of pyridine rings is 1. The Labute approximate surface area is 140 Å². The van der Waals surface area contributed by atoms with Crippen LogP contribution in [0, 0.1) is 11.3 Å². The number of benzene rings is 1. The van der Waals surface area contributed by atoms with E-state index in [1.54, 1.807) is 24.3 Å². The molecule has 0 atom stereocenters. The molecule has 24 heavy (non-hydrogen) atoms. The molecule has 0 radical (unpaired) electrons. The number of carbonyl (C=O) groups is 1. The second-order valence-corrected chi connectivity index (χ2v) is 5.72. The number of imidazole rings is 1. The van der Waals surface area contributed by atoms with Gasteiger partial charge in [0, 0.05) is 18.4 Å². The largest absolute Gasteiger partial charge is 0.321 e. The van der Waals surface area contributed by atoms with Crippen molar-refractivity contribution in [3.05, 3.63) is 65.6 Å². The summed E-state index contributed by atoms with van der Waals surface area (Å²) in [5.41, 5.74) is 3.01. The smallest absolute Gasteiger partial charge is 0.276 e. The summed E-state index contributed by atoms with van der Waals surface area (Å²) in [6.07, 6.45) is 1.90. The minimum absolute atomic E-state index is 0.286. The molecule has 2 heterocycles. The highest BCUT2D eigenvalue weighted by Crippen LogP contribution is 2.17. The number of nitriles is 1. The van der Waals surface area contributed by atoms with E-state index >= 15 is 0 Å². The minimum Gasteiger partial charge on any atom is -0.321 e. The van der Waals surface area contributed by atoms with E-state index in [1.807, 2.05) is 47.8 Å². The molecular weight excluding hydrogens is 302 g/mol. The van der Waals surface area contributed by atoms with Crippen molar-refractivity contribution in [2.75, 3.05) is 19.4 Å². The van der Waals surface area contributed by atoms with Gasteiger partial charge in [-0.1, -0.05) is 12.1 Å². The molecule has 0 saturated heterocycles. The fourth-order valence-corrected chi connectivity index (χ4v) is 2.54. The number of aromatic nitrogens is 2. The first-order chi connectivity index (χ1) is 11.6. The molecule has 0 aliphatic heterocycles. The van der Waals surface area contributed by atoms with Gasteiger partial charge in [0.2, 0.25) is 0 Å². The zero-order valence-corrected chi connectivity index (χ0v) is 13.5. The van der Waals surface area contributed by atoms with E-state index in [1.165, 1.54) is 0 Å². The van der Waals surface area contributed by atoms with Gasteiger partial charge in [0.15, 0.2) is 5.69 Å². The van der Waals surface area contributed by atoms with Crippen LogP contribution >= 0.6 is 0 Å². The number of amides is 1. The van der Waals surface area contributed by atoms with Gasteiger partial charge < -0.3 is 14.6 Å². The van der Waals surface area contributed by atoms with Crippen molar-refractivity contribution in [2.45, 2.75) is 6.54 Å². The molecule has 0 aliphatic carbocycles. The van der Waals surface area contributed by atoms with Crippen LogP contribution in [-0.4, -0.2) is 34.3 Å². The predicted octanol–water partition coefficient (Wildman–Crippen LogP) is 2.52. The first-order valence-corrected chi connectivity index (χ1v) is 7.50. The standard InChI is InChI=1S/C18H17N5O/c1-22(2)12-15-17(21-16-8-3-4-9-23(15)16)18(24)20-14-7-5-6-13(10-14)11-19/h3-10H,12H2,1-2H3,(H,20,24). The number of fused-ring (bicyclic) bond motifs is 1. The fraction of sp³-hybridized carbons (Fsp3) is 0.167. The van der Waals surface area contributed by atoms with Crippen LogP contribution in [0.5, 0.6) is 0 Å². The zero-order chi connectivity index (χ0) is 17.1. The van der Waals surface area contributed by atoms with Gasteiger partial charge in [-0.25, -0.2) is 4.98 Å². The van der Waals surface area contributed by atoms with Crippen molar-refractivity contribution in [1.29, 1.82) is 5.26 Å². The number of anilines is 1. The summed E-state index contributed by atoms with van der Waals surface area (Å²) in [7, 11) is 3.89. The Morgan fingerprint density at radius 2 is 2.12 bits per heavy atom. The molecule has 2 aromatic heterocycles. The normalized spacial score (nSPS) is 10.8. The molecule has 6 nitrogen and oxygen atoms in total. The molecule has 1 aromatic carbocycles. The average Bonchev–Trinajstić information content (AvgIpc) is 2.93. The molecule has 3 aromatic rings. The molecule has 1 amide bonds. The van der Waals surface area contributed by atoms with Gasteiger partial charge in [0.05, 0.1) is 17.3 Å². The SMILES string of the molecule is CN(C)Cc1c(C(=O)Nc2cccc(C#N)c2)nc2ccccn12. The number of nitrogens with one attached hydrogen (secondary N) is 1. The molecule has 1 N–H and O–H groups in total. The Kier molecular flexibility index (Phi) is 4.27. The lowest BCUT2D eigenvalue weighted by Gasteiger charge is -2.11. The summed E-state index contributed by atoms with van der Waals surface area (Å²) in [5, 5.41) is 11.8.